The van der Waals surface area contributed by atoms with Crippen molar-refractivity contribution >= 4 is 54.9 Å². The smallest absolute Gasteiger partial charge is 0.379 e. The van der Waals surface area contributed by atoms with Crippen LogP contribution < -0.4 is 10.3 Å². The van der Waals surface area contributed by atoms with E-state index in [4.69, 9.17) is 9.15 Å². The maximum atomic E-state index is 12.8. The van der Waals surface area contributed by atoms with Crippen LogP contribution in [0.25, 0.3) is 10.9 Å². The van der Waals surface area contributed by atoms with Crippen LogP contribution in [0.4, 0.5) is 0 Å². The Kier molecular flexibility index (Phi) is 5.65. The number of aromatic nitrogens is 2. The molecule has 7 nitrogen and oxygen atoms in total. The highest BCUT2D eigenvalue weighted by atomic mass is 79.9. The topological polar surface area (TPSA) is 86.7 Å². The number of carbonyl (C=O) groups excluding carboxylic acids is 1. The number of furan rings is 1. The zero-order valence-corrected chi connectivity index (χ0v) is 18.7. The minimum absolute atomic E-state index is 0.0681. The van der Waals surface area contributed by atoms with Crippen LogP contribution in [0, 0.1) is 6.92 Å². The molecule has 9 heteroatoms. The van der Waals surface area contributed by atoms with Crippen LogP contribution in [0.1, 0.15) is 21.9 Å². The Morgan fingerprint density at radius 3 is 2.77 bits per heavy atom. The molecule has 0 N–H and O–H groups in total. The lowest BCUT2D eigenvalue weighted by Gasteiger charge is -2.10. The van der Waals surface area contributed by atoms with E-state index in [-0.39, 0.29) is 17.1 Å². The summed E-state index contributed by atoms with van der Waals surface area (Å²) in [5.41, 5.74) is 0.776. The molecule has 4 rings (SSSR count). The van der Waals surface area contributed by atoms with Gasteiger partial charge in [-0.1, -0.05) is 28.1 Å². The SMILES string of the molecule is Cc1nc2ccccc2c(=O)n1N=Cc1cc(Br)cc(Br)c1OC(=O)c1ccco1. The third-order valence-corrected chi connectivity index (χ3v) is 5.23. The van der Waals surface area contributed by atoms with Crippen molar-refractivity contribution in [3.63, 3.8) is 0 Å². The first-order valence-electron chi connectivity index (χ1n) is 8.71. The second-order valence-corrected chi connectivity index (χ2v) is 7.98. The highest BCUT2D eigenvalue weighted by Crippen LogP contribution is 2.32. The Labute approximate surface area is 187 Å². The van der Waals surface area contributed by atoms with E-state index in [1.807, 2.05) is 6.07 Å². The second-order valence-electron chi connectivity index (χ2n) is 6.21. The second kappa shape index (κ2) is 8.37. The van der Waals surface area contributed by atoms with Gasteiger partial charge in [-0.25, -0.2) is 9.78 Å². The van der Waals surface area contributed by atoms with E-state index in [0.29, 0.717) is 26.8 Å². The lowest BCUT2D eigenvalue weighted by atomic mass is 10.2. The number of rotatable bonds is 4. The van der Waals surface area contributed by atoms with Gasteiger partial charge in [-0.2, -0.15) is 9.78 Å². The lowest BCUT2D eigenvalue weighted by molar-refractivity contribution is 0.0700. The predicted octanol–water partition coefficient (Wildman–Crippen LogP) is 4.92. The molecule has 4 aromatic rings. The molecule has 2 heterocycles. The van der Waals surface area contributed by atoms with Crippen LogP contribution in [-0.2, 0) is 0 Å². The molecular formula is C21H13Br2N3O4. The van der Waals surface area contributed by atoms with Gasteiger partial charge in [0.2, 0.25) is 5.76 Å². The molecule has 0 aliphatic rings. The molecule has 0 bridgehead atoms. The molecule has 30 heavy (non-hydrogen) atoms. The first kappa shape index (κ1) is 20.2. The van der Waals surface area contributed by atoms with Crippen molar-refractivity contribution in [3.05, 3.63) is 91.2 Å². The van der Waals surface area contributed by atoms with Crippen molar-refractivity contribution in [1.82, 2.24) is 9.66 Å². The van der Waals surface area contributed by atoms with Crippen LogP contribution >= 0.6 is 31.9 Å². The maximum Gasteiger partial charge on any atom is 0.379 e. The number of hydrogen-bond donors (Lipinski definition) is 0. The summed E-state index contributed by atoms with van der Waals surface area (Å²) in [4.78, 5) is 29.6. The Bertz CT molecular complexity index is 1340. The molecule has 0 unspecified atom stereocenters. The van der Waals surface area contributed by atoms with Crippen molar-refractivity contribution in [3.8, 4) is 5.75 Å². The molecule has 0 spiro atoms. The number of para-hydroxylation sites is 1. The molecule has 2 aromatic heterocycles. The average Bonchev–Trinajstić information content (AvgIpc) is 3.25. The van der Waals surface area contributed by atoms with Crippen LogP contribution in [0.2, 0.25) is 0 Å². The minimum atomic E-state index is -0.654. The minimum Gasteiger partial charge on any atom is -0.457 e. The normalized spacial score (nSPS) is 11.3. The first-order chi connectivity index (χ1) is 14.4. The number of hydrogen-bond acceptors (Lipinski definition) is 6. The first-order valence-corrected chi connectivity index (χ1v) is 10.3. The zero-order valence-electron chi connectivity index (χ0n) is 15.5. The standard InChI is InChI=1S/C21H13Br2N3O4/c1-12-25-17-6-3-2-5-15(17)20(27)26(12)24-11-13-9-14(22)10-16(23)19(13)30-21(28)18-7-4-8-29-18/h2-11H,1H3. The lowest BCUT2D eigenvalue weighted by Crippen LogP contribution is -2.20. The summed E-state index contributed by atoms with van der Waals surface area (Å²) < 4.78 is 13.0. The molecule has 0 amide bonds. The van der Waals surface area contributed by atoms with Gasteiger partial charge >= 0.3 is 5.97 Å². The number of halogens is 2. The third-order valence-electron chi connectivity index (χ3n) is 4.18. The molecule has 0 aliphatic carbocycles. The Morgan fingerprint density at radius 1 is 1.20 bits per heavy atom. The summed E-state index contributed by atoms with van der Waals surface area (Å²) >= 11 is 6.81. The van der Waals surface area contributed by atoms with E-state index in [9.17, 15) is 9.59 Å². The largest absolute Gasteiger partial charge is 0.457 e. The number of ether oxygens (including phenoxy) is 1. The number of esters is 1. The van der Waals surface area contributed by atoms with Crippen molar-refractivity contribution in [2.75, 3.05) is 0 Å². The van der Waals surface area contributed by atoms with Crippen LogP contribution in [0.5, 0.6) is 5.75 Å². The Hall–Kier alpha value is -3.04. The van der Waals surface area contributed by atoms with E-state index >= 15 is 0 Å². The van der Waals surface area contributed by atoms with Gasteiger partial charge in [0.05, 0.1) is 27.9 Å². The molecule has 0 radical (unpaired) electrons. The van der Waals surface area contributed by atoms with Gasteiger partial charge in [-0.3, -0.25) is 4.79 Å². The van der Waals surface area contributed by atoms with Gasteiger partial charge in [-0.05, 0) is 59.3 Å². The summed E-state index contributed by atoms with van der Waals surface area (Å²) in [6, 6.07) is 13.6. The van der Waals surface area contributed by atoms with Gasteiger partial charge in [0.15, 0.2) is 5.75 Å². The molecule has 0 saturated carbocycles. The fourth-order valence-corrected chi connectivity index (χ4v) is 4.15. The van der Waals surface area contributed by atoms with E-state index in [2.05, 4.69) is 41.9 Å². The fourth-order valence-electron chi connectivity index (χ4n) is 2.81. The molecule has 2 aromatic carbocycles. The number of fused-ring (bicyclic) bond motifs is 1. The van der Waals surface area contributed by atoms with E-state index in [1.165, 1.54) is 23.2 Å². The van der Waals surface area contributed by atoms with Crippen LogP contribution in [0.3, 0.4) is 0 Å². The van der Waals surface area contributed by atoms with Gasteiger partial charge < -0.3 is 9.15 Å². The summed E-state index contributed by atoms with van der Waals surface area (Å²) in [6.45, 7) is 1.69. The van der Waals surface area contributed by atoms with Gasteiger partial charge in [0, 0.05) is 10.0 Å². The molecule has 0 fully saturated rings. The molecule has 150 valence electrons. The highest BCUT2D eigenvalue weighted by Gasteiger charge is 2.17. The molecular weight excluding hydrogens is 518 g/mol. The third kappa shape index (κ3) is 3.99. The van der Waals surface area contributed by atoms with E-state index in [1.54, 1.807) is 43.3 Å². The molecule has 0 aliphatic heterocycles. The molecule has 0 saturated heterocycles. The predicted molar refractivity (Wildman–Crippen MR) is 119 cm³/mol. The Balaban J connectivity index is 1.76. The van der Waals surface area contributed by atoms with Gasteiger partial charge in [0.25, 0.3) is 5.56 Å². The van der Waals surface area contributed by atoms with E-state index in [0.717, 1.165) is 4.47 Å². The zero-order chi connectivity index (χ0) is 21.3. The van der Waals surface area contributed by atoms with Crippen molar-refractivity contribution in [2.45, 2.75) is 6.92 Å². The van der Waals surface area contributed by atoms with Crippen molar-refractivity contribution < 1.29 is 13.9 Å². The number of benzene rings is 2. The number of carbonyl (C=O) groups is 1. The van der Waals surface area contributed by atoms with Crippen molar-refractivity contribution in [1.29, 1.82) is 0 Å². The summed E-state index contributed by atoms with van der Waals surface area (Å²) in [5.74, 6) is 0.0813. The summed E-state index contributed by atoms with van der Waals surface area (Å²) in [6.07, 6.45) is 2.82. The monoisotopic (exact) mass is 529 g/mol. The summed E-state index contributed by atoms with van der Waals surface area (Å²) in [5, 5.41) is 4.76. The Morgan fingerprint density at radius 2 is 2.00 bits per heavy atom. The average molecular weight is 531 g/mol. The van der Waals surface area contributed by atoms with Crippen LogP contribution in [-0.4, -0.2) is 21.8 Å². The van der Waals surface area contributed by atoms with Gasteiger partial charge in [0.1, 0.15) is 5.82 Å². The fraction of sp³-hybridized carbons (Fsp3) is 0.0476. The van der Waals surface area contributed by atoms with Gasteiger partial charge in [-0.15, -0.1) is 0 Å². The number of aryl methyl sites for hydroxylation is 1. The summed E-state index contributed by atoms with van der Waals surface area (Å²) in [7, 11) is 0. The number of nitrogens with zero attached hydrogens (tertiary/aromatic N) is 3. The highest BCUT2D eigenvalue weighted by molar-refractivity contribution is 9.11. The maximum absolute atomic E-state index is 12.8. The van der Waals surface area contributed by atoms with E-state index < -0.39 is 5.97 Å². The quantitative estimate of drug-likeness (QED) is 0.212. The van der Waals surface area contributed by atoms with Crippen LogP contribution in [0.15, 0.2) is 78.1 Å². The molecule has 0 atom stereocenters. The van der Waals surface area contributed by atoms with Crippen molar-refractivity contribution in [2.24, 2.45) is 5.10 Å².